The molecule has 1 nitrogen and oxygen atoms in total. The molecule has 2 aliphatic rings. The van der Waals surface area contributed by atoms with E-state index in [0.717, 1.165) is 36.7 Å². The molecule has 0 aromatic rings. The average Bonchev–Trinajstić information content (AvgIpc) is 2.95. The largest absolute Gasteiger partial charge is 0.389 e. The van der Waals surface area contributed by atoms with Crippen molar-refractivity contribution in [1.82, 2.24) is 0 Å². The molecule has 1 N–H and O–H groups in total. The predicted molar refractivity (Wildman–Crippen MR) is 68.1 cm³/mol. The zero-order valence-electron chi connectivity index (χ0n) is 10.8. The normalized spacial score (nSPS) is 41.9. The van der Waals surface area contributed by atoms with Crippen LogP contribution in [0.3, 0.4) is 0 Å². The summed E-state index contributed by atoms with van der Waals surface area (Å²) >= 11 is 0. The van der Waals surface area contributed by atoms with Crippen LogP contribution in [-0.2, 0) is 0 Å². The first-order valence-corrected chi connectivity index (χ1v) is 6.44. The van der Waals surface area contributed by atoms with Gasteiger partial charge in [-0.25, -0.2) is 0 Å². The molecule has 1 heteroatoms. The van der Waals surface area contributed by atoms with Crippen LogP contribution in [-0.4, -0.2) is 11.2 Å². The summed E-state index contributed by atoms with van der Waals surface area (Å²) in [7, 11) is 0. The lowest BCUT2D eigenvalue weighted by atomic mass is 9.78. The van der Waals surface area contributed by atoms with Gasteiger partial charge < -0.3 is 5.11 Å². The fourth-order valence-electron chi connectivity index (χ4n) is 3.13. The molecule has 0 aromatic heterocycles. The van der Waals surface area contributed by atoms with Gasteiger partial charge in [-0.1, -0.05) is 32.1 Å². The van der Waals surface area contributed by atoms with Gasteiger partial charge in [-0.2, -0.15) is 0 Å². The maximum absolute atomic E-state index is 10.1. The van der Waals surface area contributed by atoms with Crippen LogP contribution < -0.4 is 0 Å². The number of rotatable bonds is 0. The third-order valence-electron chi connectivity index (χ3n) is 4.50. The Balaban J connectivity index is 2.18. The van der Waals surface area contributed by atoms with E-state index in [9.17, 15) is 5.11 Å². The van der Waals surface area contributed by atoms with Crippen LogP contribution in [0.5, 0.6) is 0 Å². The van der Waals surface area contributed by atoms with Crippen LogP contribution in [0.15, 0.2) is 23.8 Å². The molecule has 16 heavy (non-hydrogen) atoms. The van der Waals surface area contributed by atoms with Crippen molar-refractivity contribution in [3.63, 3.8) is 0 Å². The van der Waals surface area contributed by atoms with Crippen molar-refractivity contribution < 1.29 is 5.11 Å². The van der Waals surface area contributed by atoms with Crippen molar-refractivity contribution in [2.24, 2.45) is 17.3 Å². The minimum Gasteiger partial charge on any atom is -0.389 e. The van der Waals surface area contributed by atoms with Gasteiger partial charge in [0.15, 0.2) is 0 Å². The molecule has 0 bridgehead atoms. The molecule has 0 unspecified atom stereocenters. The van der Waals surface area contributed by atoms with Crippen LogP contribution in [0.4, 0.5) is 0 Å². The molecule has 90 valence electrons. The topological polar surface area (TPSA) is 20.2 Å². The van der Waals surface area contributed by atoms with Crippen LogP contribution in [0.25, 0.3) is 0 Å². The Kier molecular flexibility index (Phi) is 3.00. The first-order chi connectivity index (χ1) is 7.42. The van der Waals surface area contributed by atoms with E-state index in [2.05, 4.69) is 33.4 Å². The van der Waals surface area contributed by atoms with Crippen LogP contribution in [0.1, 0.15) is 46.5 Å². The lowest BCUT2D eigenvalue weighted by Crippen LogP contribution is -2.24. The van der Waals surface area contributed by atoms with Crippen molar-refractivity contribution in [1.29, 1.82) is 0 Å². The van der Waals surface area contributed by atoms with Gasteiger partial charge in [0.05, 0.1) is 6.10 Å². The fraction of sp³-hybridized carbons (Fsp3) is 0.733. The van der Waals surface area contributed by atoms with E-state index >= 15 is 0 Å². The van der Waals surface area contributed by atoms with Gasteiger partial charge in [0.2, 0.25) is 0 Å². The standard InChI is InChI=1S/C15H24O/c1-10-6-5-7-11(2)14(16)9-15(3,4)13-8-12(10)13/h7,12-14,16H,1,5-6,8-9H2,2-4H3/b11-7+/t12-,13+,14-/m1/s1. The number of aliphatic hydroxyl groups is 1. The molecule has 0 aromatic carbocycles. The van der Waals surface area contributed by atoms with E-state index in [1.807, 2.05) is 0 Å². The monoisotopic (exact) mass is 220 g/mol. The molecule has 2 rings (SSSR count). The summed E-state index contributed by atoms with van der Waals surface area (Å²) in [6.07, 6.45) is 6.27. The number of allylic oxidation sites excluding steroid dienone is 2. The van der Waals surface area contributed by atoms with E-state index in [1.54, 1.807) is 0 Å². The summed E-state index contributed by atoms with van der Waals surface area (Å²) < 4.78 is 0. The average molecular weight is 220 g/mol. The summed E-state index contributed by atoms with van der Waals surface area (Å²) in [4.78, 5) is 0. The lowest BCUT2D eigenvalue weighted by molar-refractivity contribution is 0.126. The highest BCUT2D eigenvalue weighted by molar-refractivity contribution is 5.18. The molecular weight excluding hydrogens is 196 g/mol. The Morgan fingerprint density at radius 1 is 1.44 bits per heavy atom. The Bertz CT molecular complexity index is 324. The highest BCUT2D eigenvalue weighted by Gasteiger charge is 2.48. The number of aliphatic hydroxyl groups excluding tert-OH is 1. The lowest BCUT2D eigenvalue weighted by Gasteiger charge is -2.29. The second-order valence-electron chi connectivity index (χ2n) is 6.30. The van der Waals surface area contributed by atoms with Gasteiger partial charge >= 0.3 is 0 Å². The Hall–Kier alpha value is -0.560. The van der Waals surface area contributed by atoms with Crippen molar-refractivity contribution in [3.8, 4) is 0 Å². The number of fused-ring (bicyclic) bond motifs is 1. The van der Waals surface area contributed by atoms with Gasteiger partial charge in [-0.15, -0.1) is 0 Å². The molecule has 1 saturated carbocycles. The van der Waals surface area contributed by atoms with Gasteiger partial charge in [-0.3, -0.25) is 0 Å². The van der Waals surface area contributed by atoms with Crippen molar-refractivity contribution in [3.05, 3.63) is 23.8 Å². The smallest absolute Gasteiger partial charge is 0.0752 e. The highest BCUT2D eigenvalue weighted by Crippen LogP contribution is 2.57. The highest BCUT2D eigenvalue weighted by atomic mass is 16.3. The second-order valence-corrected chi connectivity index (χ2v) is 6.30. The maximum Gasteiger partial charge on any atom is 0.0752 e. The van der Waals surface area contributed by atoms with E-state index in [1.165, 1.54) is 12.0 Å². The van der Waals surface area contributed by atoms with E-state index in [0.29, 0.717) is 0 Å². The van der Waals surface area contributed by atoms with Gasteiger partial charge in [0.25, 0.3) is 0 Å². The predicted octanol–water partition coefficient (Wildman–Crippen LogP) is 3.70. The summed E-state index contributed by atoms with van der Waals surface area (Å²) in [6, 6.07) is 0. The maximum atomic E-state index is 10.1. The van der Waals surface area contributed by atoms with Crippen molar-refractivity contribution >= 4 is 0 Å². The first kappa shape index (κ1) is 11.9. The molecule has 0 heterocycles. The third kappa shape index (κ3) is 2.24. The molecule has 3 atom stereocenters. The van der Waals surface area contributed by atoms with Gasteiger partial charge in [0.1, 0.15) is 0 Å². The molecule has 0 aliphatic heterocycles. The summed E-state index contributed by atoms with van der Waals surface area (Å²) in [6.45, 7) is 10.9. The molecule has 1 fully saturated rings. The van der Waals surface area contributed by atoms with Crippen molar-refractivity contribution in [2.45, 2.75) is 52.6 Å². The third-order valence-corrected chi connectivity index (χ3v) is 4.50. The zero-order chi connectivity index (χ0) is 11.9. The van der Waals surface area contributed by atoms with Gasteiger partial charge in [-0.05, 0) is 55.4 Å². The molecule has 0 spiro atoms. The van der Waals surface area contributed by atoms with E-state index in [4.69, 9.17) is 0 Å². The second kappa shape index (κ2) is 4.03. The SMILES string of the molecule is C=C1CC/C=C(\C)[C@H](O)CC(C)(C)[C@H]2C[C@H]12. The Labute approximate surface area is 99.3 Å². The summed E-state index contributed by atoms with van der Waals surface area (Å²) in [5, 5.41) is 10.1. The Morgan fingerprint density at radius 3 is 2.81 bits per heavy atom. The molecule has 2 aliphatic carbocycles. The summed E-state index contributed by atoms with van der Waals surface area (Å²) in [5.74, 6) is 1.48. The number of hydrogen-bond acceptors (Lipinski definition) is 1. The van der Waals surface area contributed by atoms with Crippen molar-refractivity contribution in [2.75, 3.05) is 0 Å². The minimum absolute atomic E-state index is 0.248. The van der Waals surface area contributed by atoms with Crippen LogP contribution in [0.2, 0.25) is 0 Å². The van der Waals surface area contributed by atoms with Crippen LogP contribution in [0, 0.1) is 17.3 Å². The Morgan fingerprint density at radius 2 is 2.12 bits per heavy atom. The molecule has 0 saturated heterocycles. The quantitative estimate of drug-likeness (QED) is 0.617. The van der Waals surface area contributed by atoms with Gasteiger partial charge in [0, 0.05) is 0 Å². The van der Waals surface area contributed by atoms with E-state index in [-0.39, 0.29) is 11.5 Å². The minimum atomic E-state index is -0.248. The van der Waals surface area contributed by atoms with E-state index < -0.39 is 0 Å². The fourth-order valence-corrected chi connectivity index (χ4v) is 3.13. The zero-order valence-corrected chi connectivity index (χ0v) is 10.8. The first-order valence-electron chi connectivity index (χ1n) is 6.44. The number of hydrogen-bond donors (Lipinski definition) is 1. The van der Waals surface area contributed by atoms with Crippen LogP contribution >= 0.6 is 0 Å². The molecule has 0 amide bonds. The molecular formula is C15H24O. The molecule has 0 radical (unpaired) electrons. The summed E-state index contributed by atoms with van der Waals surface area (Å²) in [5.41, 5.74) is 2.82.